The number of methoxy groups -OCH3 is 1. The molecule has 41 heavy (non-hydrogen) atoms. The van der Waals surface area contributed by atoms with Crippen molar-refractivity contribution in [3.63, 3.8) is 0 Å². The van der Waals surface area contributed by atoms with Gasteiger partial charge in [-0.3, -0.25) is 4.98 Å². The largest absolute Gasteiger partial charge is 0.481 e. The van der Waals surface area contributed by atoms with Gasteiger partial charge in [0, 0.05) is 36.1 Å². The lowest BCUT2D eigenvalue weighted by Gasteiger charge is -2.22. The molecule has 3 aromatic heterocycles. The van der Waals surface area contributed by atoms with Crippen molar-refractivity contribution in [2.45, 2.75) is 51.4 Å². The molecular weight excluding hydrogens is 557 g/mol. The predicted molar refractivity (Wildman–Crippen MR) is 149 cm³/mol. The topological polar surface area (TPSA) is 114 Å². The average molecular weight is 585 g/mol. The summed E-state index contributed by atoms with van der Waals surface area (Å²) in [6.45, 7) is 6.79. The zero-order valence-electron chi connectivity index (χ0n) is 22.8. The van der Waals surface area contributed by atoms with Gasteiger partial charge in [-0.15, -0.1) is 5.10 Å². The first-order chi connectivity index (χ1) is 19.3. The van der Waals surface area contributed by atoms with Crippen molar-refractivity contribution in [2.75, 3.05) is 24.3 Å². The van der Waals surface area contributed by atoms with Crippen molar-refractivity contribution in [1.82, 2.24) is 25.0 Å². The van der Waals surface area contributed by atoms with Crippen LogP contribution < -0.4 is 15.4 Å². The van der Waals surface area contributed by atoms with Crippen molar-refractivity contribution in [1.29, 1.82) is 5.26 Å². The first kappa shape index (κ1) is 28.4. The number of halogens is 4. The van der Waals surface area contributed by atoms with Gasteiger partial charge in [0.05, 0.1) is 41.1 Å². The number of benzene rings is 1. The molecule has 5 rings (SSSR count). The summed E-state index contributed by atoms with van der Waals surface area (Å²) in [5.41, 5.74) is 0.758. The van der Waals surface area contributed by atoms with E-state index in [-0.39, 0.29) is 24.0 Å². The molecule has 13 heteroatoms. The van der Waals surface area contributed by atoms with Crippen molar-refractivity contribution < 1.29 is 17.9 Å². The molecule has 0 amide bonds. The van der Waals surface area contributed by atoms with E-state index in [1.54, 1.807) is 24.3 Å². The Hall–Kier alpha value is -4.11. The number of aromatic nitrogens is 5. The number of fused-ring (bicyclic) bond motifs is 1. The standard InChI is InChI=1S/C28H28ClF3N8O/c1-26(2,3)15-36-23-17(12-33)13-35-25-19(23)10-18(11-20(25)29)37-24(16-5-8-34-22(9-16)41-4)21-14-40(39-38-21)27(6-7-27)28(30,31)32/h5,8-11,13-14,24,37H,6-7,15H2,1-4H3,(H,35,36)/t24-/m0/s1. The Morgan fingerprint density at radius 3 is 2.59 bits per heavy atom. The molecule has 0 spiro atoms. The summed E-state index contributed by atoms with van der Waals surface area (Å²) in [6.07, 6.45) is -0.228. The Bertz CT molecular complexity index is 1640. The maximum absolute atomic E-state index is 13.8. The van der Waals surface area contributed by atoms with Gasteiger partial charge in [-0.05, 0) is 42.0 Å². The fraction of sp³-hybridized carbons (Fsp3) is 0.393. The van der Waals surface area contributed by atoms with E-state index in [2.05, 4.69) is 57.8 Å². The SMILES string of the molecule is COc1cc([C@H](Nc2cc(Cl)c3ncc(C#N)c(NCC(C)(C)C)c3c2)c2cn(C3(C(F)(F)F)CC3)nn2)ccn1. The lowest BCUT2D eigenvalue weighted by Crippen LogP contribution is -2.35. The lowest BCUT2D eigenvalue weighted by atomic mass is 9.96. The van der Waals surface area contributed by atoms with Crippen LogP contribution in [0.15, 0.2) is 42.9 Å². The number of ether oxygens (including phenoxy) is 1. The first-order valence-corrected chi connectivity index (χ1v) is 13.3. The molecule has 1 aliphatic rings. The highest BCUT2D eigenvalue weighted by atomic mass is 35.5. The Kier molecular flexibility index (Phi) is 7.19. The van der Waals surface area contributed by atoms with E-state index in [1.165, 1.54) is 25.7 Å². The molecule has 0 bridgehead atoms. The van der Waals surface area contributed by atoms with Crippen LogP contribution in [0, 0.1) is 16.7 Å². The van der Waals surface area contributed by atoms with E-state index in [0.717, 1.165) is 4.68 Å². The summed E-state index contributed by atoms with van der Waals surface area (Å²) >= 11 is 6.67. The highest BCUT2D eigenvalue weighted by molar-refractivity contribution is 6.35. The Balaban J connectivity index is 1.60. The van der Waals surface area contributed by atoms with Gasteiger partial charge in [0.2, 0.25) is 5.88 Å². The van der Waals surface area contributed by atoms with Crippen LogP contribution in [0.2, 0.25) is 5.02 Å². The highest BCUT2D eigenvalue weighted by Gasteiger charge is 2.66. The molecule has 1 fully saturated rings. The van der Waals surface area contributed by atoms with E-state index in [9.17, 15) is 18.4 Å². The van der Waals surface area contributed by atoms with Crippen molar-refractivity contribution >= 4 is 33.9 Å². The third kappa shape index (κ3) is 5.59. The maximum Gasteiger partial charge on any atom is 0.413 e. The van der Waals surface area contributed by atoms with Gasteiger partial charge in [-0.2, -0.15) is 18.4 Å². The normalized spacial score (nSPS) is 15.3. The van der Waals surface area contributed by atoms with E-state index in [0.29, 0.717) is 50.9 Å². The minimum absolute atomic E-state index is 0.0562. The number of hydrogen-bond donors (Lipinski definition) is 2. The van der Waals surface area contributed by atoms with Crippen LogP contribution in [-0.4, -0.2) is 44.8 Å². The molecule has 0 saturated heterocycles. The molecule has 0 unspecified atom stereocenters. The number of nitriles is 1. The van der Waals surface area contributed by atoms with Gasteiger partial charge in [-0.25, -0.2) is 9.67 Å². The summed E-state index contributed by atoms with van der Waals surface area (Å²) < 4.78 is 47.6. The van der Waals surface area contributed by atoms with Crippen LogP contribution >= 0.6 is 11.6 Å². The predicted octanol–water partition coefficient (Wildman–Crippen LogP) is 6.47. The van der Waals surface area contributed by atoms with Crippen molar-refractivity contribution in [3.8, 4) is 11.9 Å². The summed E-state index contributed by atoms with van der Waals surface area (Å²) in [7, 11) is 1.47. The van der Waals surface area contributed by atoms with Crippen LogP contribution in [-0.2, 0) is 5.54 Å². The minimum Gasteiger partial charge on any atom is -0.481 e. The van der Waals surface area contributed by atoms with Crippen LogP contribution in [0.25, 0.3) is 10.9 Å². The molecule has 0 aliphatic heterocycles. The van der Waals surface area contributed by atoms with Gasteiger partial charge >= 0.3 is 6.18 Å². The maximum atomic E-state index is 13.8. The summed E-state index contributed by atoms with van der Waals surface area (Å²) in [6, 6.07) is 8.29. The van der Waals surface area contributed by atoms with E-state index < -0.39 is 17.8 Å². The van der Waals surface area contributed by atoms with Gasteiger partial charge < -0.3 is 15.4 Å². The molecule has 4 aromatic rings. The molecule has 3 heterocycles. The summed E-state index contributed by atoms with van der Waals surface area (Å²) in [4.78, 5) is 8.54. The number of hydrogen-bond acceptors (Lipinski definition) is 8. The average Bonchev–Trinajstić information content (AvgIpc) is 3.61. The fourth-order valence-electron chi connectivity index (χ4n) is 4.56. The van der Waals surface area contributed by atoms with Crippen molar-refractivity contribution in [3.05, 3.63) is 64.7 Å². The molecular formula is C28H28ClF3N8O. The van der Waals surface area contributed by atoms with Crippen LogP contribution in [0.5, 0.6) is 5.88 Å². The summed E-state index contributed by atoms with van der Waals surface area (Å²) in [5.74, 6) is 0.323. The highest BCUT2D eigenvalue weighted by Crippen LogP contribution is 2.55. The monoisotopic (exact) mass is 584 g/mol. The third-order valence-electron chi connectivity index (χ3n) is 6.95. The molecule has 2 N–H and O–H groups in total. The second-order valence-electron chi connectivity index (χ2n) is 11.3. The molecule has 9 nitrogen and oxygen atoms in total. The minimum atomic E-state index is -4.45. The van der Waals surface area contributed by atoms with E-state index in [4.69, 9.17) is 16.3 Å². The molecule has 0 radical (unpaired) electrons. The quantitative estimate of drug-likeness (QED) is 0.242. The first-order valence-electron chi connectivity index (χ1n) is 12.9. The van der Waals surface area contributed by atoms with Crippen LogP contribution in [0.4, 0.5) is 24.5 Å². The second-order valence-corrected chi connectivity index (χ2v) is 11.7. The Morgan fingerprint density at radius 1 is 1.20 bits per heavy atom. The number of alkyl halides is 3. The lowest BCUT2D eigenvalue weighted by molar-refractivity contribution is -0.182. The summed E-state index contributed by atoms with van der Waals surface area (Å²) in [5, 5.41) is 25.5. The smallest absolute Gasteiger partial charge is 0.413 e. The molecule has 1 aromatic carbocycles. The van der Waals surface area contributed by atoms with E-state index >= 15 is 0 Å². The fourth-order valence-corrected chi connectivity index (χ4v) is 4.83. The van der Waals surface area contributed by atoms with Gasteiger partial charge in [-0.1, -0.05) is 37.6 Å². The number of anilines is 2. The van der Waals surface area contributed by atoms with Gasteiger partial charge in [0.15, 0.2) is 5.54 Å². The van der Waals surface area contributed by atoms with Gasteiger partial charge in [0.1, 0.15) is 11.8 Å². The van der Waals surface area contributed by atoms with Gasteiger partial charge in [0.25, 0.3) is 0 Å². The number of pyridine rings is 2. The number of nitrogens with zero attached hydrogens (tertiary/aromatic N) is 6. The third-order valence-corrected chi connectivity index (χ3v) is 7.24. The Morgan fingerprint density at radius 2 is 1.95 bits per heavy atom. The van der Waals surface area contributed by atoms with E-state index in [1.807, 2.05) is 0 Å². The second kappa shape index (κ2) is 10.4. The molecule has 1 saturated carbocycles. The molecule has 214 valence electrons. The van der Waals surface area contributed by atoms with Crippen LogP contribution in [0.3, 0.4) is 0 Å². The molecule has 1 atom stereocenters. The zero-order valence-corrected chi connectivity index (χ0v) is 23.6. The van der Waals surface area contributed by atoms with Crippen molar-refractivity contribution in [2.24, 2.45) is 5.41 Å². The Labute approximate surface area is 239 Å². The molecule has 1 aliphatic carbocycles. The number of nitrogens with one attached hydrogen (secondary N) is 2. The zero-order chi connectivity index (χ0) is 29.6. The number of rotatable bonds is 8. The van der Waals surface area contributed by atoms with Crippen LogP contribution in [0.1, 0.15) is 56.5 Å².